The van der Waals surface area contributed by atoms with Gasteiger partial charge >= 0.3 is 6.09 Å². The molecular formula is C22H21FN6O4. The Labute approximate surface area is 188 Å². The van der Waals surface area contributed by atoms with Gasteiger partial charge in [0.05, 0.1) is 24.5 Å². The van der Waals surface area contributed by atoms with E-state index in [2.05, 4.69) is 20.6 Å². The molecule has 3 amide bonds. The van der Waals surface area contributed by atoms with E-state index in [1.54, 1.807) is 30.6 Å². The molecule has 11 heteroatoms. The summed E-state index contributed by atoms with van der Waals surface area (Å²) in [6, 6.07) is 7.84. The Morgan fingerprint density at radius 2 is 2.00 bits per heavy atom. The number of rotatable bonds is 7. The summed E-state index contributed by atoms with van der Waals surface area (Å²) in [7, 11) is 0. The summed E-state index contributed by atoms with van der Waals surface area (Å²) >= 11 is 0. The Kier molecular flexibility index (Phi) is 6.29. The molecule has 1 saturated heterocycles. The molecule has 0 saturated carbocycles. The molecule has 10 nitrogen and oxygen atoms in total. The van der Waals surface area contributed by atoms with Gasteiger partial charge < -0.3 is 19.9 Å². The Hall–Kier alpha value is -4.28. The van der Waals surface area contributed by atoms with Crippen molar-refractivity contribution in [2.24, 2.45) is 0 Å². The summed E-state index contributed by atoms with van der Waals surface area (Å²) in [5.74, 6) is -1.23. The zero-order valence-corrected chi connectivity index (χ0v) is 17.7. The number of nitrogens with one attached hydrogen (secondary N) is 2. The Morgan fingerprint density at radius 1 is 1.21 bits per heavy atom. The van der Waals surface area contributed by atoms with Crippen molar-refractivity contribution in [3.8, 4) is 5.69 Å². The monoisotopic (exact) mass is 452 g/mol. The first kappa shape index (κ1) is 21.9. The average Bonchev–Trinajstić information content (AvgIpc) is 3.43. The maximum atomic E-state index is 14.9. The van der Waals surface area contributed by atoms with Crippen LogP contribution in [-0.2, 0) is 16.1 Å². The van der Waals surface area contributed by atoms with Gasteiger partial charge in [-0.3, -0.25) is 19.5 Å². The van der Waals surface area contributed by atoms with Gasteiger partial charge in [0.25, 0.3) is 5.91 Å². The third-order valence-corrected chi connectivity index (χ3v) is 4.99. The number of anilines is 1. The van der Waals surface area contributed by atoms with Crippen molar-refractivity contribution in [2.75, 3.05) is 18.0 Å². The van der Waals surface area contributed by atoms with E-state index in [4.69, 9.17) is 4.74 Å². The smallest absolute Gasteiger partial charge is 0.414 e. The van der Waals surface area contributed by atoms with Crippen molar-refractivity contribution in [2.45, 2.75) is 19.6 Å². The molecule has 1 fully saturated rings. The molecule has 2 N–H and O–H groups in total. The molecule has 33 heavy (non-hydrogen) atoms. The highest BCUT2D eigenvalue weighted by atomic mass is 19.1. The van der Waals surface area contributed by atoms with Crippen LogP contribution in [0.25, 0.3) is 5.69 Å². The lowest BCUT2D eigenvalue weighted by Gasteiger charge is -2.14. The van der Waals surface area contributed by atoms with Crippen LogP contribution in [0.1, 0.15) is 23.0 Å². The van der Waals surface area contributed by atoms with Gasteiger partial charge in [-0.15, -0.1) is 0 Å². The topological polar surface area (TPSA) is 118 Å². The predicted molar refractivity (Wildman–Crippen MR) is 115 cm³/mol. The highest BCUT2D eigenvalue weighted by molar-refractivity contribution is 5.92. The number of hydrogen-bond acceptors (Lipinski definition) is 6. The van der Waals surface area contributed by atoms with Crippen molar-refractivity contribution >= 4 is 23.6 Å². The Bertz CT molecular complexity index is 1180. The van der Waals surface area contributed by atoms with Crippen molar-refractivity contribution in [3.05, 3.63) is 72.3 Å². The number of carbonyl (C=O) groups is 3. The second-order valence-electron chi connectivity index (χ2n) is 7.39. The summed E-state index contributed by atoms with van der Waals surface area (Å²) in [4.78, 5) is 44.8. The molecule has 170 valence electrons. The third-order valence-electron chi connectivity index (χ3n) is 4.99. The van der Waals surface area contributed by atoms with E-state index in [0.29, 0.717) is 12.2 Å². The third kappa shape index (κ3) is 5.14. The van der Waals surface area contributed by atoms with Crippen LogP contribution in [0.2, 0.25) is 0 Å². The second-order valence-corrected chi connectivity index (χ2v) is 7.39. The van der Waals surface area contributed by atoms with E-state index < -0.39 is 23.9 Å². The SMILES string of the molecule is CC(=O)NC[C@H]1CN(c2ccc(-n3cnc(C(=O)NCc4ccncc4)c3)c(F)c2)C(=O)O1. The van der Waals surface area contributed by atoms with E-state index in [1.807, 2.05) is 0 Å². The molecular weight excluding hydrogens is 431 g/mol. The summed E-state index contributed by atoms with van der Waals surface area (Å²) in [5, 5.41) is 5.34. The van der Waals surface area contributed by atoms with Crippen molar-refractivity contribution < 1.29 is 23.5 Å². The fraction of sp³-hybridized carbons (Fsp3) is 0.227. The van der Waals surface area contributed by atoms with Gasteiger partial charge in [0, 0.05) is 32.1 Å². The van der Waals surface area contributed by atoms with Gasteiger partial charge in [0.15, 0.2) is 0 Å². The maximum Gasteiger partial charge on any atom is 0.414 e. The van der Waals surface area contributed by atoms with Gasteiger partial charge in [0.2, 0.25) is 5.91 Å². The minimum Gasteiger partial charge on any atom is -0.442 e. The van der Waals surface area contributed by atoms with Crippen molar-refractivity contribution in [1.82, 2.24) is 25.2 Å². The summed E-state index contributed by atoms with van der Waals surface area (Å²) < 4.78 is 21.5. The number of imidazole rings is 1. The lowest BCUT2D eigenvalue weighted by molar-refractivity contribution is -0.119. The standard InChI is InChI=1S/C22H21FN6O4/c1-14(30)25-10-17-11-29(22(32)33-17)16-2-3-20(18(23)8-16)28-12-19(27-13-28)21(31)26-9-15-4-6-24-7-5-15/h2-8,12-13,17H,9-11H2,1H3,(H,25,30)(H,26,31)/t17-/m0/s1. The second kappa shape index (κ2) is 9.47. The number of aromatic nitrogens is 3. The lowest BCUT2D eigenvalue weighted by atomic mass is 10.2. The van der Waals surface area contributed by atoms with Crippen LogP contribution in [0.3, 0.4) is 0 Å². The Morgan fingerprint density at radius 3 is 2.73 bits per heavy atom. The summed E-state index contributed by atoms with van der Waals surface area (Å²) in [6.45, 7) is 2.05. The first-order valence-electron chi connectivity index (χ1n) is 10.1. The van der Waals surface area contributed by atoms with Crippen LogP contribution in [0, 0.1) is 5.82 Å². The van der Waals surface area contributed by atoms with E-state index in [-0.39, 0.29) is 30.4 Å². The lowest BCUT2D eigenvalue weighted by Crippen LogP contribution is -2.33. The molecule has 1 atom stereocenters. The van der Waals surface area contributed by atoms with Crippen LogP contribution in [0.4, 0.5) is 14.9 Å². The zero-order valence-electron chi connectivity index (χ0n) is 17.7. The van der Waals surface area contributed by atoms with Crippen LogP contribution in [0.5, 0.6) is 0 Å². The molecule has 1 aromatic carbocycles. The van der Waals surface area contributed by atoms with Gasteiger partial charge in [0.1, 0.15) is 23.9 Å². The number of amides is 3. The largest absolute Gasteiger partial charge is 0.442 e. The number of halogens is 1. The number of nitrogens with zero attached hydrogens (tertiary/aromatic N) is 4. The van der Waals surface area contributed by atoms with E-state index in [1.165, 1.54) is 41.0 Å². The molecule has 0 aliphatic carbocycles. The summed E-state index contributed by atoms with van der Waals surface area (Å²) in [6.07, 6.45) is 4.89. The molecule has 0 spiro atoms. The van der Waals surface area contributed by atoms with Crippen molar-refractivity contribution in [1.29, 1.82) is 0 Å². The van der Waals surface area contributed by atoms with Gasteiger partial charge in [-0.05, 0) is 35.9 Å². The molecule has 0 bridgehead atoms. The Balaban J connectivity index is 1.42. The highest BCUT2D eigenvalue weighted by Crippen LogP contribution is 2.25. The van der Waals surface area contributed by atoms with Crippen molar-refractivity contribution in [3.63, 3.8) is 0 Å². The van der Waals surface area contributed by atoms with Crippen LogP contribution in [0.15, 0.2) is 55.2 Å². The number of cyclic esters (lactones) is 1. The maximum absolute atomic E-state index is 14.9. The van der Waals surface area contributed by atoms with E-state index >= 15 is 0 Å². The molecule has 0 unspecified atom stereocenters. The van der Waals surface area contributed by atoms with Crippen LogP contribution < -0.4 is 15.5 Å². The van der Waals surface area contributed by atoms with Gasteiger partial charge in [-0.2, -0.15) is 0 Å². The average molecular weight is 452 g/mol. The molecule has 1 aliphatic heterocycles. The first-order chi connectivity index (χ1) is 15.9. The van der Waals surface area contributed by atoms with Crippen LogP contribution >= 0.6 is 0 Å². The predicted octanol–water partition coefficient (Wildman–Crippen LogP) is 1.80. The van der Waals surface area contributed by atoms with E-state index in [0.717, 1.165) is 5.56 Å². The highest BCUT2D eigenvalue weighted by Gasteiger charge is 2.32. The molecule has 0 radical (unpaired) electrons. The number of pyridine rings is 1. The fourth-order valence-corrected chi connectivity index (χ4v) is 3.31. The molecule has 3 heterocycles. The zero-order chi connectivity index (χ0) is 23.4. The van der Waals surface area contributed by atoms with Crippen LogP contribution in [-0.4, -0.2) is 51.6 Å². The molecule has 4 rings (SSSR count). The minimum absolute atomic E-state index is 0.136. The molecule has 1 aliphatic rings. The summed E-state index contributed by atoms with van der Waals surface area (Å²) in [5.41, 5.74) is 1.51. The fourth-order valence-electron chi connectivity index (χ4n) is 3.31. The number of ether oxygens (including phenoxy) is 1. The van der Waals surface area contributed by atoms with Gasteiger partial charge in [-0.25, -0.2) is 14.2 Å². The first-order valence-corrected chi connectivity index (χ1v) is 10.1. The normalized spacial score (nSPS) is 15.3. The molecule has 2 aromatic heterocycles. The number of benzene rings is 1. The molecule has 3 aromatic rings. The number of carbonyl (C=O) groups excluding carboxylic acids is 3. The van der Waals surface area contributed by atoms with E-state index in [9.17, 15) is 18.8 Å². The van der Waals surface area contributed by atoms with Gasteiger partial charge in [-0.1, -0.05) is 0 Å². The minimum atomic E-state index is -0.617. The number of hydrogen-bond donors (Lipinski definition) is 2. The quantitative estimate of drug-likeness (QED) is 0.564.